The zero-order chi connectivity index (χ0) is 20.6. The summed E-state index contributed by atoms with van der Waals surface area (Å²) in [7, 11) is 0. The van der Waals surface area contributed by atoms with Crippen LogP contribution in [0, 0.1) is 13.8 Å². The van der Waals surface area contributed by atoms with Crippen LogP contribution in [0.25, 0.3) is 0 Å². The number of nitrogens with one attached hydrogen (secondary N) is 2. The van der Waals surface area contributed by atoms with E-state index < -0.39 is 0 Å². The first-order valence-electron chi connectivity index (χ1n) is 10.8. The first kappa shape index (κ1) is 24.4. The average molecular weight is 530 g/mol. The largest absolute Gasteiger partial charge is 0.357 e. The molecule has 168 valence electrons. The Morgan fingerprint density at radius 1 is 1.13 bits per heavy atom. The van der Waals surface area contributed by atoms with Gasteiger partial charge in [0.25, 0.3) is 0 Å². The van der Waals surface area contributed by atoms with Crippen LogP contribution >= 0.6 is 24.0 Å². The summed E-state index contributed by atoms with van der Waals surface area (Å²) in [5, 5.41) is 15.6. The first-order chi connectivity index (χ1) is 14.1. The highest BCUT2D eigenvalue weighted by molar-refractivity contribution is 14.0. The Kier molecular flexibility index (Phi) is 9.86. The van der Waals surface area contributed by atoms with Crippen LogP contribution < -0.4 is 16.3 Å². The Bertz CT molecular complexity index is 882. The lowest BCUT2D eigenvalue weighted by molar-refractivity contribution is 0.509. The van der Waals surface area contributed by atoms with Crippen molar-refractivity contribution in [3.63, 3.8) is 0 Å². The Labute approximate surface area is 195 Å². The number of rotatable bonds is 9. The molecule has 0 bridgehead atoms. The number of guanidine groups is 1. The molecule has 0 saturated heterocycles. The van der Waals surface area contributed by atoms with Crippen LogP contribution in [0.4, 0.5) is 0 Å². The summed E-state index contributed by atoms with van der Waals surface area (Å²) < 4.78 is 5.47. The van der Waals surface area contributed by atoms with Gasteiger partial charge in [-0.1, -0.05) is 0 Å². The topological polar surface area (TPSA) is 94.1 Å². The standard InChI is InChI=1S/C20H34N8O.HI/c1-4-21-19(22-10-7-13-27-17(3)15-16(2)24-27)23-11-8-14-28-20(29)26-12-6-5-9-18(26)25-28;/h15H,4-14H2,1-3H3,(H2,21,22,23);1H. The van der Waals surface area contributed by atoms with Crippen LogP contribution in [-0.4, -0.2) is 49.7 Å². The molecule has 10 heteroatoms. The highest BCUT2D eigenvalue weighted by atomic mass is 127. The molecule has 0 unspecified atom stereocenters. The zero-order valence-electron chi connectivity index (χ0n) is 18.4. The van der Waals surface area contributed by atoms with Crippen molar-refractivity contribution in [2.45, 2.75) is 72.5 Å². The third kappa shape index (κ3) is 6.58. The van der Waals surface area contributed by atoms with E-state index in [4.69, 9.17) is 0 Å². The highest BCUT2D eigenvalue weighted by Crippen LogP contribution is 2.09. The van der Waals surface area contributed by atoms with Gasteiger partial charge >= 0.3 is 5.69 Å². The van der Waals surface area contributed by atoms with Gasteiger partial charge in [0, 0.05) is 51.4 Å². The summed E-state index contributed by atoms with van der Waals surface area (Å²) in [6.45, 7) is 10.8. The van der Waals surface area contributed by atoms with Crippen LogP contribution in [0.2, 0.25) is 0 Å². The maximum atomic E-state index is 12.4. The third-order valence-electron chi connectivity index (χ3n) is 5.12. The molecule has 2 aromatic rings. The molecule has 0 atom stereocenters. The maximum absolute atomic E-state index is 12.4. The fourth-order valence-electron chi connectivity index (χ4n) is 3.68. The molecule has 1 aliphatic heterocycles. The fraction of sp³-hybridized carbons (Fsp3) is 0.700. The summed E-state index contributed by atoms with van der Waals surface area (Å²) in [6, 6.07) is 2.09. The number of halogens is 1. The molecule has 0 spiro atoms. The molecule has 30 heavy (non-hydrogen) atoms. The normalized spacial score (nSPS) is 13.6. The van der Waals surface area contributed by atoms with E-state index in [0.717, 1.165) is 82.3 Å². The smallest absolute Gasteiger partial charge is 0.345 e. The number of hydrogen-bond donors (Lipinski definition) is 2. The van der Waals surface area contributed by atoms with Crippen molar-refractivity contribution in [3.8, 4) is 0 Å². The second kappa shape index (κ2) is 12.1. The molecule has 0 fully saturated rings. The Hall–Kier alpha value is -1.85. The van der Waals surface area contributed by atoms with E-state index in [1.54, 1.807) is 4.68 Å². The summed E-state index contributed by atoms with van der Waals surface area (Å²) in [6.07, 6.45) is 4.87. The van der Waals surface area contributed by atoms with Crippen molar-refractivity contribution in [1.82, 2.24) is 34.8 Å². The van der Waals surface area contributed by atoms with Crippen molar-refractivity contribution in [1.29, 1.82) is 0 Å². The summed E-state index contributed by atoms with van der Waals surface area (Å²) >= 11 is 0. The van der Waals surface area contributed by atoms with Gasteiger partial charge in [-0.05, 0) is 52.5 Å². The molecule has 9 nitrogen and oxygen atoms in total. The molecule has 2 aromatic heterocycles. The second-order valence-corrected chi connectivity index (χ2v) is 7.58. The van der Waals surface area contributed by atoms with E-state index >= 15 is 0 Å². The summed E-state index contributed by atoms with van der Waals surface area (Å²) in [4.78, 5) is 17.0. The van der Waals surface area contributed by atoms with Crippen molar-refractivity contribution < 1.29 is 0 Å². The van der Waals surface area contributed by atoms with Crippen molar-refractivity contribution >= 4 is 29.9 Å². The predicted molar refractivity (Wildman–Crippen MR) is 130 cm³/mol. The maximum Gasteiger partial charge on any atom is 0.345 e. The van der Waals surface area contributed by atoms with Gasteiger partial charge in [0.1, 0.15) is 5.82 Å². The van der Waals surface area contributed by atoms with Gasteiger partial charge in [-0.3, -0.25) is 14.2 Å². The number of fused-ring (bicyclic) bond motifs is 1. The van der Waals surface area contributed by atoms with Crippen molar-refractivity contribution in [2.24, 2.45) is 4.99 Å². The molecule has 0 aliphatic carbocycles. The number of nitrogens with zero attached hydrogens (tertiary/aromatic N) is 6. The number of aliphatic imine (C=N–C) groups is 1. The van der Waals surface area contributed by atoms with Crippen LogP contribution in [0.5, 0.6) is 0 Å². The van der Waals surface area contributed by atoms with Crippen LogP contribution in [0.15, 0.2) is 15.9 Å². The van der Waals surface area contributed by atoms with Gasteiger partial charge in [0.15, 0.2) is 5.96 Å². The molecule has 1 aliphatic rings. The molecule has 3 rings (SSSR count). The van der Waals surface area contributed by atoms with Crippen LogP contribution in [0.3, 0.4) is 0 Å². The van der Waals surface area contributed by atoms with E-state index in [-0.39, 0.29) is 29.7 Å². The monoisotopic (exact) mass is 530 g/mol. The molecule has 0 aromatic carbocycles. The zero-order valence-corrected chi connectivity index (χ0v) is 20.7. The van der Waals surface area contributed by atoms with E-state index in [1.807, 2.05) is 16.2 Å². The van der Waals surface area contributed by atoms with Crippen molar-refractivity contribution in [3.05, 3.63) is 33.8 Å². The molecule has 0 amide bonds. The van der Waals surface area contributed by atoms with Gasteiger partial charge in [-0.25, -0.2) is 9.48 Å². The SMILES string of the molecule is CCNC(=NCCCn1nc(C)cc1C)NCCCn1nc2n(c1=O)CCCC2.I. The molecule has 2 N–H and O–H groups in total. The van der Waals surface area contributed by atoms with E-state index in [1.165, 1.54) is 5.69 Å². The van der Waals surface area contributed by atoms with Gasteiger partial charge in [-0.2, -0.15) is 10.2 Å². The lowest BCUT2D eigenvalue weighted by Gasteiger charge is -2.11. The third-order valence-corrected chi connectivity index (χ3v) is 5.12. The lowest BCUT2D eigenvalue weighted by atomic mass is 10.2. The Morgan fingerprint density at radius 2 is 1.93 bits per heavy atom. The summed E-state index contributed by atoms with van der Waals surface area (Å²) in [5.74, 6) is 1.75. The Balaban J connectivity index is 0.00000320. The average Bonchev–Trinajstić information content (AvgIpc) is 3.20. The molecular weight excluding hydrogens is 495 g/mol. The first-order valence-corrected chi connectivity index (χ1v) is 10.8. The second-order valence-electron chi connectivity index (χ2n) is 7.58. The van der Waals surface area contributed by atoms with Crippen molar-refractivity contribution in [2.75, 3.05) is 19.6 Å². The Morgan fingerprint density at radius 3 is 2.63 bits per heavy atom. The minimum atomic E-state index is 0. The van der Waals surface area contributed by atoms with E-state index in [2.05, 4.69) is 45.7 Å². The molecule has 0 saturated carbocycles. The highest BCUT2D eigenvalue weighted by Gasteiger charge is 2.16. The number of aryl methyl sites for hydroxylation is 5. The molecule has 3 heterocycles. The summed E-state index contributed by atoms with van der Waals surface area (Å²) in [5.41, 5.74) is 2.27. The van der Waals surface area contributed by atoms with Gasteiger partial charge in [-0.15, -0.1) is 24.0 Å². The molecular formula is C20H35IN8O. The van der Waals surface area contributed by atoms with Crippen LogP contribution in [-0.2, 0) is 26.1 Å². The van der Waals surface area contributed by atoms with E-state index in [0.29, 0.717) is 6.54 Å². The molecule has 0 radical (unpaired) electrons. The predicted octanol–water partition coefficient (Wildman–Crippen LogP) is 1.85. The van der Waals surface area contributed by atoms with Crippen LogP contribution in [0.1, 0.15) is 49.8 Å². The lowest BCUT2D eigenvalue weighted by Crippen LogP contribution is -2.38. The number of aromatic nitrogens is 5. The minimum Gasteiger partial charge on any atom is -0.357 e. The minimum absolute atomic E-state index is 0. The van der Waals surface area contributed by atoms with Gasteiger partial charge in [0.2, 0.25) is 0 Å². The quantitative estimate of drug-likeness (QED) is 0.224. The fourth-order valence-corrected chi connectivity index (χ4v) is 3.68. The van der Waals surface area contributed by atoms with Gasteiger partial charge in [0.05, 0.1) is 5.69 Å². The number of hydrogen-bond acceptors (Lipinski definition) is 4. The van der Waals surface area contributed by atoms with E-state index in [9.17, 15) is 4.79 Å². The van der Waals surface area contributed by atoms with Gasteiger partial charge < -0.3 is 10.6 Å².